The molecule has 1 fully saturated rings. The van der Waals surface area contributed by atoms with Gasteiger partial charge >= 0.3 is 0 Å². The number of hydrogen-bond donors (Lipinski definition) is 0. The topological polar surface area (TPSA) is 50.1 Å². The van der Waals surface area contributed by atoms with E-state index in [9.17, 15) is 0 Å². The van der Waals surface area contributed by atoms with E-state index in [-0.39, 0.29) is 11.6 Å². The van der Waals surface area contributed by atoms with Crippen molar-refractivity contribution in [3.05, 3.63) is 71.0 Å². The molecule has 0 bridgehead atoms. The van der Waals surface area contributed by atoms with Crippen LogP contribution in [0.25, 0.3) is 0 Å². The van der Waals surface area contributed by atoms with Gasteiger partial charge in [-0.05, 0) is 55.0 Å². The summed E-state index contributed by atoms with van der Waals surface area (Å²) in [5.41, 5.74) is 2.20. The molecule has 1 aliphatic rings. The van der Waals surface area contributed by atoms with Crippen LogP contribution in [0.1, 0.15) is 38.2 Å². The van der Waals surface area contributed by atoms with E-state index in [0.29, 0.717) is 0 Å². The van der Waals surface area contributed by atoms with Gasteiger partial charge in [-0.15, -0.1) is 5.10 Å². The maximum Gasteiger partial charge on any atom is 0.173 e. The highest BCUT2D eigenvalue weighted by atomic mass is 35.5. The number of benzene rings is 2. The van der Waals surface area contributed by atoms with Crippen molar-refractivity contribution in [2.24, 2.45) is 0 Å². The van der Waals surface area contributed by atoms with Gasteiger partial charge in [-0.3, -0.25) is 4.90 Å². The molecule has 0 N–H and O–H groups in total. The first-order chi connectivity index (χ1) is 13.9. The number of hydrogen-bond acceptors (Lipinski definition) is 5. The van der Waals surface area contributed by atoms with Crippen molar-refractivity contribution in [2.75, 3.05) is 31.1 Å². The van der Waals surface area contributed by atoms with E-state index in [1.54, 1.807) is 0 Å². The summed E-state index contributed by atoms with van der Waals surface area (Å²) in [4.78, 5) is 4.86. The van der Waals surface area contributed by atoms with Crippen LogP contribution in [0.3, 0.4) is 0 Å². The summed E-state index contributed by atoms with van der Waals surface area (Å²) in [6.45, 7) is 10.1. The van der Waals surface area contributed by atoms with Gasteiger partial charge < -0.3 is 4.90 Å². The molecule has 2 aromatic carbocycles. The van der Waals surface area contributed by atoms with Crippen LogP contribution in [-0.4, -0.2) is 51.3 Å². The van der Waals surface area contributed by atoms with Crippen molar-refractivity contribution in [3.8, 4) is 0 Å². The Bertz CT molecular complexity index is 941. The summed E-state index contributed by atoms with van der Waals surface area (Å²) >= 11 is 6.19. The van der Waals surface area contributed by atoms with Crippen LogP contribution in [0.15, 0.2) is 54.6 Å². The van der Waals surface area contributed by atoms with Crippen LogP contribution < -0.4 is 4.90 Å². The smallest absolute Gasteiger partial charge is 0.173 e. The predicted molar refractivity (Wildman–Crippen MR) is 116 cm³/mol. The SMILES string of the molecule is CC(C)(C)n1nnnc1C(c1ccccc1)N1CCN(c2cccc(Cl)c2)CC1. The first-order valence-corrected chi connectivity index (χ1v) is 10.4. The van der Waals surface area contributed by atoms with Crippen LogP contribution in [0.5, 0.6) is 0 Å². The van der Waals surface area contributed by atoms with E-state index < -0.39 is 0 Å². The molecule has 29 heavy (non-hydrogen) atoms. The van der Waals surface area contributed by atoms with Crippen LogP contribution in [-0.2, 0) is 5.54 Å². The fourth-order valence-corrected chi connectivity index (χ4v) is 4.10. The molecule has 0 spiro atoms. The Morgan fingerprint density at radius 3 is 2.31 bits per heavy atom. The third kappa shape index (κ3) is 4.28. The minimum atomic E-state index is -0.186. The van der Waals surface area contributed by atoms with E-state index in [2.05, 4.69) is 76.4 Å². The predicted octanol–water partition coefficient (Wildman–Crippen LogP) is 3.99. The number of anilines is 1. The quantitative estimate of drug-likeness (QED) is 0.650. The van der Waals surface area contributed by atoms with E-state index in [0.717, 1.165) is 37.0 Å². The Hall–Kier alpha value is -2.44. The van der Waals surface area contributed by atoms with Gasteiger partial charge in [0, 0.05) is 36.9 Å². The highest BCUT2D eigenvalue weighted by Crippen LogP contribution is 2.31. The van der Waals surface area contributed by atoms with Crippen molar-refractivity contribution in [1.82, 2.24) is 25.1 Å². The second kappa shape index (κ2) is 8.13. The molecule has 0 saturated carbocycles. The zero-order chi connectivity index (χ0) is 20.4. The molecule has 1 saturated heterocycles. The lowest BCUT2D eigenvalue weighted by Crippen LogP contribution is -2.48. The third-order valence-electron chi connectivity index (χ3n) is 5.34. The van der Waals surface area contributed by atoms with E-state index in [4.69, 9.17) is 11.6 Å². The maximum absolute atomic E-state index is 6.19. The minimum absolute atomic E-state index is 0.0203. The second-order valence-corrected chi connectivity index (χ2v) is 8.87. The number of nitrogens with zero attached hydrogens (tertiary/aromatic N) is 6. The van der Waals surface area contributed by atoms with Crippen LogP contribution in [0.4, 0.5) is 5.69 Å². The molecule has 6 nitrogen and oxygen atoms in total. The monoisotopic (exact) mass is 410 g/mol. The normalized spacial score (nSPS) is 16.8. The lowest BCUT2D eigenvalue weighted by molar-refractivity contribution is 0.191. The van der Waals surface area contributed by atoms with Crippen molar-refractivity contribution in [2.45, 2.75) is 32.4 Å². The average Bonchev–Trinajstić information content (AvgIpc) is 3.20. The molecule has 1 atom stereocenters. The lowest BCUT2D eigenvalue weighted by Gasteiger charge is -2.40. The van der Waals surface area contributed by atoms with Crippen molar-refractivity contribution < 1.29 is 0 Å². The van der Waals surface area contributed by atoms with Gasteiger partial charge in [0.25, 0.3) is 0 Å². The molecule has 0 radical (unpaired) electrons. The summed E-state index contributed by atoms with van der Waals surface area (Å²) in [6.07, 6.45) is 0. The van der Waals surface area contributed by atoms with Crippen molar-refractivity contribution in [1.29, 1.82) is 0 Å². The minimum Gasteiger partial charge on any atom is -0.369 e. The van der Waals surface area contributed by atoms with E-state index in [1.807, 2.05) is 28.9 Å². The summed E-state index contributed by atoms with van der Waals surface area (Å²) in [5.74, 6) is 0.889. The molecule has 7 heteroatoms. The average molecular weight is 411 g/mol. The number of tetrazole rings is 1. The number of halogens is 1. The highest BCUT2D eigenvalue weighted by Gasteiger charge is 2.33. The highest BCUT2D eigenvalue weighted by molar-refractivity contribution is 6.30. The molecule has 1 aliphatic heterocycles. The molecule has 3 aromatic rings. The van der Waals surface area contributed by atoms with Crippen LogP contribution in [0.2, 0.25) is 5.02 Å². The van der Waals surface area contributed by atoms with Crippen LogP contribution >= 0.6 is 11.6 Å². The van der Waals surface area contributed by atoms with Gasteiger partial charge in [0.05, 0.1) is 11.6 Å². The lowest BCUT2D eigenvalue weighted by atomic mass is 10.0. The molecule has 0 aliphatic carbocycles. The van der Waals surface area contributed by atoms with Gasteiger partial charge in [-0.1, -0.05) is 48.0 Å². The summed E-state index contributed by atoms with van der Waals surface area (Å²) in [5, 5.41) is 13.5. The third-order valence-corrected chi connectivity index (χ3v) is 5.58. The molecule has 2 heterocycles. The van der Waals surface area contributed by atoms with Gasteiger partial charge in [-0.2, -0.15) is 0 Å². The summed E-state index contributed by atoms with van der Waals surface area (Å²) in [6, 6.07) is 18.6. The van der Waals surface area contributed by atoms with Gasteiger partial charge in [0.15, 0.2) is 5.82 Å². The zero-order valence-electron chi connectivity index (χ0n) is 17.2. The summed E-state index contributed by atoms with van der Waals surface area (Å²) < 4.78 is 1.95. The molecule has 0 amide bonds. The Labute approximate surface area is 177 Å². The van der Waals surface area contributed by atoms with Crippen LogP contribution in [0, 0.1) is 0 Å². The second-order valence-electron chi connectivity index (χ2n) is 8.44. The Morgan fingerprint density at radius 2 is 1.66 bits per heavy atom. The van der Waals surface area contributed by atoms with Crippen molar-refractivity contribution in [3.63, 3.8) is 0 Å². The zero-order valence-corrected chi connectivity index (χ0v) is 17.9. The molecule has 4 rings (SSSR count). The van der Waals surface area contributed by atoms with E-state index >= 15 is 0 Å². The van der Waals surface area contributed by atoms with Gasteiger partial charge in [-0.25, -0.2) is 4.68 Å². The number of aromatic nitrogens is 4. The van der Waals surface area contributed by atoms with Crippen molar-refractivity contribution >= 4 is 17.3 Å². The Balaban J connectivity index is 1.62. The van der Waals surface area contributed by atoms with Gasteiger partial charge in [0.1, 0.15) is 0 Å². The Morgan fingerprint density at radius 1 is 0.931 bits per heavy atom. The molecule has 152 valence electrons. The molecule has 1 aromatic heterocycles. The van der Waals surface area contributed by atoms with Gasteiger partial charge in [0.2, 0.25) is 0 Å². The molecule has 1 unspecified atom stereocenters. The first-order valence-electron chi connectivity index (χ1n) is 10.0. The first kappa shape index (κ1) is 19.9. The molecular formula is C22H27ClN6. The summed E-state index contributed by atoms with van der Waals surface area (Å²) in [7, 11) is 0. The number of piperazine rings is 1. The standard InChI is InChI=1S/C22H27ClN6/c1-22(2,3)29-21(24-25-26-29)20(17-8-5-4-6-9-17)28-14-12-27(13-15-28)19-11-7-10-18(23)16-19/h4-11,16,20H,12-15H2,1-3H3. The fraction of sp³-hybridized carbons (Fsp3) is 0.409. The maximum atomic E-state index is 6.19. The number of rotatable bonds is 4. The fourth-order valence-electron chi connectivity index (χ4n) is 3.91. The molecular weight excluding hydrogens is 384 g/mol. The largest absolute Gasteiger partial charge is 0.369 e. The Kier molecular flexibility index (Phi) is 5.56. The van der Waals surface area contributed by atoms with E-state index in [1.165, 1.54) is 11.3 Å².